The molecular formula is C14H10ClN3O2. The van der Waals surface area contributed by atoms with Crippen LogP contribution in [0.4, 0.5) is 0 Å². The maximum absolute atomic E-state index is 11.3. The third kappa shape index (κ3) is 1.98. The first-order chi connectivity index (χ1) is 9.68. The van der Waals surface area contributed by atoms with Crippen LogP contribution in [-0.2, 0) is 0 Å². The van der Waals surface area contributed by atoms with Gasteiger partial charge in [-0.25, -0.2) is 9.48 Å². The highest BCUT2D eigenvalue weighted by atomic mass is 35.5. The smallest absolute Gasteiger partial charge is 0.341 e. The number of nitrogens with zero attached hydrogens (tertiary/aromatic N) is 3. The minimum atomic E-state index is -1.04. The van der Waals surface area contributed by atoms with E-state index in [2.05, 4.69) is 5.10 Å². The molecule has 0 bridgehead atoms. The SMILES string of the molecule is O=C(O)c1cnn(-c2ccccc2Cl)c1-n1cccc1. The van der Waals surface area contributed by atoms with Crippen LogP contribution in [0.15, 0.2) is 55.0 Å². The molecular weight excluding hydrogens is 278 g/mol. The molecule has 6 heteroatoms. The lowest BCUT2D eigenvalue weighted by Gasteiger charge is -2.10. The molecule has 0 radical (unpaired) electrons. The minimum absolute atomic E-state index is 0.112. The van der Waals surface area contributed by atoms with Crippen molar-refractivity contribution >= 4 is 17.6 Å². The normalized spacial score (nSPS) is 10.7. The van der Waals surface area contributed by atoms with E-state index in [0.717, 1.165) is 0 Å². The molecule has 0 saturated heterocycles. The quantitative estimate of drug-likeness (QED) is 0.805. The number of carboxylic acids is 1. The summed E-state index contributed by atoms with van der Waals surface area (Å²) >= 11 is 6.16. The van der Waals surface area contributed by atoms with E-state index in [1.165, 1.54) is 10.9 Å². The van der Waals surface area contributed by atoms with Crippen molar-refractivity contribution in [1.82, 2.24) is 14.3 Å². The Morgan fingerprint density at radius 2 is 1.85 bits per heavy atom. The number of halogens is 1. The van der Waals surface area contributed by atoms with Gasteiger partial charge in [-0.1, -0.05) is 23.7 Å². The number of benzene rings is 1. The molecule has 0 fully saturated rings. The molecule has 3 rings (SSSR count). The first-order valence-electron chi connectivity index (χ1n) is 5.88. The predicted molar refractivity (Wildman–Crippen MR) is 74.9 cm³/mol. The van der Waals surface area contributed by atoms with Crippen LogP contribution in [-0.4, -0.2) is 25.4 Å². The van der Waals surface area contributed by atoms with Crippen molar-refractivity contribution in [3.63, 3.8) is 0 Å². The average Bonchev–Trinajstić information content (AvgIpc) is 3.07. The summed E-state index contributed by atoms with van der Waals surface area (Å²) in [7, 11) is 0. The monoisotopic (exact) mass is 287 g/mol. The first-order valence-corrected chi connectivity index (χ1v) is 6.26. The second-order valence-corrected chi connectivity index (χ2v) is 4.55. The third-order valence-corrected chi connectivity index (χ3v) is 3.22. The summed E-state index contributed by atoms with van der Waals surface area (Å²) in [4.78, 5) is 11.3. The van der Waals surface area contributed by atoms with Gasteiger partial charge in [0.05, 0.1) is 16.9 Å². The fraction of sp³-hybridized carbons (Fsp3) is 0. The van der Waals surface area contributed by atoms with Crippen LogP contribution < -0.4 is 0 Å². The Kier molecular flexibility index (Phi) is 3.04. The van der Waals surface area contributed by atoms with E-state index in [0.29, 0.717) is 16.5 Å². The van der Waals surface area contributed by atoms with Crippen LogP contribution in [0.1, 0.15) is 10.4 Å². The Hall–Kier alpha value is -2.53. The number of hydrogen-bond acceptors (Lipinski definition) is 2. The van der Waals surface area contributed by atoms with Crippen LogP contribution in [0, 0.1) is 0 Å². The summed E-state index contributed by atoms with van der Waals surface area (Å²) in [6.07, 6.45) is 4.84. The number of rotatable bonds is 3. The molecule has 0 amide bonds. The fourth-order valence-corrected chi connectivity index (χ4v) is 2.23. The van der Waals surface area contributed by atoms with E-state index in [9.17, 15) is 9.90 Å². The standard InChI is InChI=1S/C14H10ClN3O2/c15-11-5-1-2-6-12(11)18-13(17-7-3-4-8-17)10(9-16-18)14(19)20/h1-9H,(H,19,20). The predicted octanol–water partition coefficient (Wildman–Crippen LogP) is 3.01. The Morgan fingerprint density at radius 1 is 1.15 bits per heavy atom. The summed E-state index contributed by atoms with van der Waals surface area (Å²) in [6, 6.07) is 10.8. The second kappa shape index (κ2) is 4.86. The molecule has 100 valence electrons. The number of carbonyl (C=O) groups is 1. The molecule has 5 nitrogen and oxygen atoms in total. The lowest BCUT2D eigenvalue weighted by molar-refractivity contribution is 0.0697. The maximum atomic E-state index is 11.3. The van der Waals surface area contributed by atoms with Crippen LogP contribution in [0.5, 0.6) is 0 Å². The van der Waals surface area contributed by atoms with Gasteiger partial charge < -0.3 is 9.67 Å². The van der Waals surface area contributed by atoms with Crippen molar-refractivity contribution in [3.8, 4) is 11.5 Å². The van der Waals surface area contributed by atoms with Gasteiger partial charge in [0, 0.05) is 12.4 Å². The van der Waals surface area contributed by atoms with Crippen LogP contribution in [0.3, 0.4) is 0 Å². The zero-order valence-corrected chi connectivity index (χ0v) is 11.0. The average molecular weight is 288 g/mol. The highest BCUT2D eigenvalue weighted by Gasteiger charge is 2.19. The fourth-order valence-electron chi connectivity index (χ4n) is 2.02. The number of hydrogen-bond donors (Lipinski definition) is 1. The van der Waals surface area contributed by atoms with Gasteiger partial charge in [-0.05, 0) is 24.3 Å². The molecule has 0 spiro atoms. The molecule has 2 aromatic heterocycles. The number of carboxylic acid groups (broad SMARTS) is 1. The Morgan fingerprint density at radius 3 is 2.50 bits per heavy atom. The van der Waals surface area contributed by atoms with Crippen molar-refractivity contribution in [2.75, 3.05) is 0 Å². The van der Waals surface area contributed by atoms with Crippen molar-refractivity contribution in [3.05, 3.63) is 65.6 Å². The zero-order chi connectivity index (χ0) is 14.1. The van der Waals surface area contributed by atoms with Gasteiger partial charge in [-0.15, -0.1) is 0 Å². The summed E-state index contributed by atoms with van der Waals surface area (Å²) in [6.45, 7) is 0. The van der Waals surface area contributed by atoms with Gasteiger partial charge in [0.15, 0.2) is 5.82 Å². The van der Waals surface area contributed by atoms with E-state index in [-0.39, 0.29) is 5.56 Å². The lowest BCUT2D eigenvalue weighted by atomic mass is 10.3. The largest absolute Gasteiger partial charge is 0.477 e. The van der Waals surface area contributed by atoms with Crippen LogP contribution >= 0.6 is 11.6 Å². The molecule has 20 heavy (non-hydrogen) atoms. The molecule has 0 aliphatic rings. The molecule has 3 aromatic rings. The van der Waals surface area contributed by atoms with E-state index < -0.39 is 5.97 Å². The molecule has 0 unspecified atom stereocenters. The van der Waals surface area contributed by atoms with Gasteiger partial charge in [-0.3, -0.25) is 0 Å². The summed E-state index contributed by atoms with van der Waals surface area (Å²) in [5.41, 5.74) is 0.742. The third-order valence-electron chi connectivity index (χ3n) is 2.90. The molecule has 2 heterocycles. The zero-order valence-electron chi connectivity index (χ0n) is 10.3. The molecule has 0 saturated carbocycles. The van der Waals surface area contributed by atoms with Gasteiger partial charge in [0.1, 0.15) is 5.56 Å². The molecule has 1 N–H and O–H groups in total. The number of para-hydroxylation sites is 1. The molecule has 0 aliphatic heterocycles. The lowest BCUT2D eigenvalue weighted by Crippen LogP contribution is -2.08. The van der Waals surface area contributed by atoms with Crippen molar-refractivity contribution in [2.24, 2.45) is 0 Å². The summed E-state index contributed by atoms with van der Waals surface area (Å²) < 4.78 is 3.21. The van der Waals surface area contributed by atoms with Gasteiger partial charge in [0.2, 0.25) is 0 Å². The topological polar surface area (TPSA) is 60.0 Å². The maximum Gasteiger partial charge on any atom is 0.341 e. The van der Waals surface area contributed by atoms with E-state index in [1.807, 2.05) is 24.3 Å². The van der Waals surface area contributed by atoms with Crippen LogP contribution in [0.25, 0.3) is 11.5 Å². The summed E-state index contributed by atoms with van der Waals surface area (Å²) in [5.74, 6) is -0.595. The summed E-state index contributed by atoms with van der Waals surface area (Å²) in [5, 5.41) is 14.0. The molecule has 1 aromatic carbocycles. The van der Waals surface area contributed by atoms with E-state index in [4.69, 9.17) is 11.6 Å². The first kappa shape index (κ1) is 12.5. The van der Waals surface area contributed by atoms with E-state index in [1.54, 1.807) is 29.1 Å². The van der Waals surface area contributed by atoms with E-state index >= 15 is 0 Å². The molecule has 0 aliphatic carbocycles. The second-order valence-electron chi connectivity index (χ2n) is 4.14. The van der Waals surface area contributed by atoms with Crippen molar-refractivity contribution in [1.29, 1.82) is 0 Å². The highest BCUT2D eigenvalue weighted by Crippen LogP contribution is 2.24. The van der Waals surface area contributed by atoms with Gasteiger partial charge in [0.25, 0.3) is 0 Å². The van der Waals surface area contributed by atoms with Crippen molar-refractivity contribution < 1.29 is 9.90 Å². The van der Waals surface area contributed by atoms with Crippen molar-refractivity contribution in [2.45, 2.75) is 0 Å². The number of aromatic carboxylic acids is 1. The minimum Gasteiger partial charge on any atom is -0.477 e. The Balaban J connectivity index is 2.28. The van der Waals surface area contributed by atoms with Gasteiger partial charge >= 0.3 is 5.97 Å². The van der Waals surface area contributed by atoms with Gasteiger partial charge in [-0.2, -0.15) is 5.10 Å². The Bertz CT molecular complexity index is 763. The van der Waals surface area contributed by atoms with Crippen LogP contribution in [0.2, 0.25) is 5.02 Å². The Labute approximate surface area is 119 Å². The molecule has 0 atom stereocenters. The number of aromatic nitrogens is 3. The highest BCUT2D eigenvalue weighted by molar-refractivity contribution is 6.32.